The summed E-state index contributed by atoms with van der Waals surface area (Å²) in [6, 6.07) is 16.2. The van der Waals surface area contributed by atoms with Crippen molar-refractivity contribution in [2.24, 2.45) is 0 Å². The van der Waals surface area contributed by atoms with E-state index < -0.39 is 0 Å². The standard InChI is InChI=1S/C16H14BrClN2/c17-13-4-3-7-16-12(13)8-10-20(16)11-9-19-15-6-2-1-5-14(15)18/h1-8,10,19H,9,11H2. The van der Waals surface area contributed by atoms with E-state index in [0.717, 1.165) is 28.3 Å². The van der Waals surface area contributed by atoms with Gasteiger partial charge in [-0.1, -0.05) is 45.7 Å². The van der Waals surface area contributed by atoms with Crippen LogP contribution in [0.25, 0.3) is 10.9 Å². The first kappa shape index (κ1) is 13.5. The number of halogens is 2. The van der Waals surface area contributed by atoms with Crippen LogP contribution in [0.4, 0.5) is 5.69 Å². The van der Waals surface area contributed by atoms with Crippen LogP contribution in [0.5, 0.6) is 0 Å². The zero-order chi connectivity index (χ0) is 13.9. The summed E-state index contributed by atoms with van der Waals surface area (Å²) in [5, 5.41) is 5.36. The predicted molar refractivity (Wildman–Crippen MR) is 89.6 cm³/mol. The number of anilines is 1. The minimum absolute atomic E-state index is 0.757. The van der Waals surface area contributed by atoms with Gasteiger partial charge >= 0.3 is 0 Å². The molecule has 0 saturated heterocycles. The van der Waals surface area contributed by atoms with Crippen molar-refractivity contribution in [1.29, 1.82) is 0 Å². The van der Waals surface area contributed by atoms with Gasteiger partial charge in [-0.2, -0.15) is 0 Å². The highest BCUT2D eigenvalue weighted by molar-refractivity contribution is 9.10. The fourth-order valence-corrected chi connectivity index (χ4v) is 2.99. The van der Waals surface area contributed by atoms with Crippen molar-refractivity contribution in [3.8, 4) is 0 Å². The first-order valence-corrected chi connectivity index (χ1v) is 7.64. The summed E-state index contributed by atoms with van der Waals surface area (Å²) in [5.41, 5.74) is 2.21. The molecular formula is C16H14BrClN2. The molecule has 2 aromatic carbocycles. The summed E-state index contributed by atoms with van der Waals surface area (Å²) in [6.07, 6.45) is 2.11. The normalized spacial score (nSPS) is 10.9. The molecule has 1 aromatic heterocycles. The molecule has 20 heavy (non-hydrogen) atoms. The number of nitrogens with zero attached hydrogens (tertiary/aromatic N) is 1. The van der Waals surface area contributed by atoms with Gasteiger partial charge in [0.2, 0.25) is 0 Å². The van der Waals surface area contributed by atoms with Crippen molar-refractivity contribution < 1.29 is 0 Å². The molecule has 0 unspecified atom stereocenters. The maximum Gasteiger partial charge on any atom is 0.0637 e. The number of benzene rings is 2. The van der Waals surface area contributed by atoms with Crippen molar-refractivity contribution in [3.05, 3.63) is 64.2 Å². The first-order chi connectivity index (χ1) is 9.75. The van der Waals surface area contributed by atoms with E-state index in [2.05, 4.69) is 56.3 Å². The SMILES string of the molecule is Clc1ccccc1NCCn1ccc2c(Br)cccc21. The summed E-state index contributed by atoms with van der Waals surface area (Å²) in [5.74, 6) is 0. The molecule has 0 saturated carbocycles. The molecule has 0 aliphatic carbocycles. The van der Waals surface area contributed by atoms with E-state index >= 15 is 0 Å². The predicted octanol–water partition coefficient (Wildman–Crippen LogP) is 5.17. The van der Waals surface area contributed by atoms with E-state index in [4.69, 9.17) is 11.6 Å². The van der Waals surface area contributed by atoms with Crippen LogP contribution in [-0.4, -0.2) is 11.1 Å². The molecular weight excluding hydrogens is 336 g/mol. The molecule has 0 amide bonds. The fourth-order valence-electron chi connectivity index (χ4n) is 2.30. The summed E-state index contributed by atoms with van der Waals surface area (Å²) in [4.78, 5) is 0. The lowest BCUT2D eigenvalue weighted by Gasteiger charge is -2.10. The van der Waals surface area contributed by atoms with Crippen LogP contribution in [0.1, 0.15) is 0 Å². The topological polar surface area (TPSA) is 17.0 Å². The highest BCUT2D eigenvalue weighted by Crippen LogP contribution is 2.25. The lowest BCUT2D eigenvalue weighted by molar-refractivity contribution is 0.757. The Balaban J connectivity index is 1.72. The third-order valence-electron chi connectivity index (χ3n) is 3.30. The van der Waals surface area contributed by atoms with Crippen LogP contribution < -0.4 is 5.32 Å². The molecule has 3 rings (SSSR count). The van der Waals surface area contributed by atoms with E-state index in [0.29, 0.717) is 0 Å². The maximum atomic E-state index is 6.13. The molecule has 3 aromatic rings. The van der Waals surface area contributed by atoms with Gasteiger partial charge in [-0.3, -0.25) is 0 Å². The van der Waals surface area contributed by atoms with E-state index in [1.54, 1.807) is 0 Å². The third-order valence-corrected chi connectivity index (χ3v) is 4.32. The molecule has 0 spiro atoms. The van der Waals surface area contributed by atoms with Gasteiger partial charge in [0.15, 0.2) is 0 Å². The maximum absolute atomic E-state index is 6.13. The molecule has 1 heterocycles. The molecule has 0 aliphatic heterocycles. The van der Waals surface area contributed by atoms with Gasteiger partial charge < -0.3 is 9.88 Å². The third kappa shape index (κ3) is 2.69. The Kier molecular flexibility index (Phi) is 3.99. The summed E-state index contributed by atoms with van der Waals surface area (Å²) < 4.78 is 3.37. The lowest BCUT2D eigenvalue weighted by atomic mass is 10.2. The summed E-state index contributed by atoms with van der Waals surface area (Å²) in [7, 11) is 0. The Bertz CT molecular complexity index is 736. The molecule has 1 N–H and O–H groups in total. The van der Waals surface area contributed by atoms with Crippen LogP contribution in [0.15, 0.2) is 59.2 Å². The van der Waals surface area contributed by atoms with Crippen LogP contribution in [0.3, 0.4) is 0 Å². The highest BCUT2D eigenvalue weighted by Gasteiger charge is 2.03. The molecule has 0 aliphatic rings. The van der Waals surface area contributed by atoms with Crippen LogP contribution in [0.2, 0.25) is 5.02 Å². The second-order valence-corrected chi connectivity index (χ2v) is 5.85. The Hall–Kier alpha value is -1.45. The summed E-state index contributed by atoms with van der Waals surface area (Å²) >= 11 is 9.70. The van der Waals surface area contributed by atoms with Crippen molar-refractivity contribution in [3.63, 3.8) is 0 Å². The van der Waals surface area contributed by atoms with Crippen molar-refractivity contribution in [2.75, 3.05) is 11.9 Å². The van der Waals surface area contributed by atoms with E-state index in [1.165, 1.54) is 10.9 Å². The number of fused-ring (bicyclic) bond motifs is 1. The monoisotopic (exact) mass is 348 g/mol. The Morgan fingerprint density at radius 2 is 1.90 bits per heavy atom. The van der Waals surface area contributed by atoms with Crippen molar-refractivity contribution >= 4 is 44.1 Å². The highest BCUT2D eigenvalue weighted by atomic mass is 79.9. The number of nitrogens with one attached hydrogen (secondary N) is 1. The van der Waals surface area contributed by atoms with Crippen LogP contribution in [0, 0.1) is 0 Å². The molecule has 0 radical (unpaired) electrons. The van der Waals surface area contributed by atoms with Crippen LogP contribution >= 0.6 is 27.5 Å². The molecule has 0 atom stereocenters. The van der Waals surface area contributed by atoms with Gasteiger partial charge in [-0.15, -0.1) is 0 Å². The minimum Gasteiger partial charge on any atom is -0.382 e. The van der Waals surface area contributed by atoms with Gasteiger partial charge in [0, 0.05) is 34.7 Å². The van der Waals surface area contributed by atoms with Gasteiger partial charge in [0.05, 0.1) is 10.7 Å². The average molecular weight is 350 g/mol. The fraction of sp³-hybridized carbons (Fsp3) is 0.125. The molecule has 4 heteroatoms. The minimum atomic E-state index is 0.757. The molecule has 0 fully saturated rings. The molecule has 102 valence electrons. The van der Waals surface area contributed by atoms with Gasteiger partial charge in [-0.25, -0.2) is 0 Å². The largest absolute Gasteiger partial charge is 0.382 e. The second-order valence-electron chi connectivity index (χ2n) is 4.59. The number of aromatic nitrogens is 1. The lowest BCUT2D eigenvalue weighted by Crippen LogP contribution is -2.09. The van der Waals surface area contributed by atoms with E-state index in [1.807, 2.05) is 24.3 Å². The van der Waals surface area contributed by atoms with Gasteiger partial charge in [0.1, 0.15) is 0 Å². The number of hydrogen-bond acceptors (Lipinski definition) is 1. The van der Waals surface area contributed by atoms with Crippen LogP contribution in [-0.2, 0) is 6.54 Å². The average Bonchev–Trinajstić information content (AvgIpc) is 2.86. The molecule has 0 bridgehead atoms. The van der Waals surface area contributed by atoms with Crippen molar-refractivity contribution in [2.45, 2.75) is 6.54 Å². The Morgan fingerprint density at radius 3 is 2.75 bits per heavy atom. The van der Waals surface area contributed by atoms with E-state index in [9.17, 15) is 0 Å². The van der Waals surface area contributed by atoms with Gasteiger partial charge in [0.25, 0.3) is 0 Å². The zero-order valence-corrected chi connectivity index (χ0v) is 13.2. The summed E-state index contributed by atoms with van der Waals surface area (Å²) in [6.45, 7) is 1.73. The number of hydrogen-bond donors (Lipinski definition) is 1. The van der Waals surface area contributed by atoms with Gasteiger partial charge in [-0.05, 0) is 30.3 Å². The van der Waals surface area contributed by atoms with Crippen molar-refractivity contribution in [1.82, 2.24) is 4.57 Å². The molecule has 2 nitrogen and oxygen atoms in total. The quantitative estimate of drug-likeness (QED) is 0.687. The Labute approximate surface area is 131 Å². The number of para-hydroxylation sites is 1. The second kappa shape index (κ2) is 5.90. The smallest absolute Gasteiger partial charge is 0.0637 e. The number of rotatable bonds is 4. The first-order valence-electron chi connectivity index (χ1n) is 6.47. The zero-order valence-electron chi connectivity index (χ0n) is 10.8. The Morgan fingerprint density at radius 1 is 1.05 bits per heavy atom. The van der Waals surface area contributed by atoms with E-state index in [-0.39, 0.29) is 0 Å².